The second-order valence-electron chi connectivity index (χ2n) is 12.6. The molecule has 19 nitrogen and oxygen atoms in total. The third kappa shape index (κ3) is 7.75. The highest BCUT2D eigenvalue weighted by Crippen LogP contribution is 2.36. The number of nitrogen functional groups attached to an aromatic ring is 1. The van der Waals surface area contributed by atoms with Crippen molar-refractivity contribution in [3.8, 4) is 5.75 Å². The molecule has 0 aliphatic carbocycles. The fourth-order valence-corrected chi connectivity index (χ4v) is 6.64. The third-order valence-corrected chi connectivity index (χ3v) is 9.64. The van der Waals surface area contributed by atoms with Crippen molar-refractivity contribution in [2.45, 2.75) is 69.2 Å². The molecule has 5 rings (SSSR count). The largest absolute Gasteiger partial charge is 0.485 e. The molecular weight excluding hydrogens is 699 g/mol. The number of carbonyl (C=O) groups is 3. The molecule has 4 heterocycles. The van der Waals surface area contributed by atoms with Gasteiger partial charge in [0.05, 0.1) is 12.1 Å². The molecule has 3 aliphatic rings. The smallest absolute Gasteiger partial charge is 0.418 e. The van der Waals surface area contributed by atoms with Gasteiger partial charge in [0.1, 0.15) is 17.5 Å². The Hall–Kier alpha value is -4.57. The molecule has 50 heavy (non-hydrogen) atoms. The van der Waals surface area contributed by atoms with E-state index >= 15 is 0 Å². The molecule has 0 saturated carbocycles. The highest BCUT2D eigenvalue weighted by atomic mass is 32.3. The number of nitrogens with two attached hydrogens (primary N) is 2. The Labute approximate surface area is 291 Å². The summed E-state index contributed by atoms with van der Waals surface area (Å²) in [7, 11) is -5.03. The van der Waals surface area contributed by atoms with Gasteiger partial charge in [-0.25, -0.2) is 9.78 Å². The fraction of sp³-hybridized carbons (Fsp3) is 0.517. The number of β-lactam (4-membered cyclic amide) rings is 1. The van der Waals surface area contributed by atoms with Gasteiger partial charge in [-0.05, 0) is 63.8 Å². The predicted octanol–water partition coefficient (Wildman–Crippen LogP) is -0.496. The number of thiazole rings is 1. The molecule has 1 fully saturated rings. The number of hydroxylamine groups is 2. The number of fused-ring (bicyclic) bond motifs is 1. The van der Waals surface area contributed by atoms with Crippen molar-refractivity contribution >= 4 is 56.3 Å². The van der Waals surface area contributed by atoms with Crippen LogP contribution in [0.5, 0.6) is 5.75 Å². The molecular formula is C29H39N9O10S2. The summed E-state index contributed by atoms with van der Waals surface area (Å²) in [6.45, 7) is 6.62. The van der Waals surface area contributed by atoms with Gasteiger partial charge < -0.3 is 42.1 Å². The maximum Gasteiger partial charge on any atom is 0.418 e. The van der Waals surface area contributed by atoms with E-state index in [9.17, 15) is 27.9 Å². The van der Waals surface area contributed by atoms with Crippen LogP contribution in [-0.4, -0.2) is 107 Å². The number of hydrogen-bond donors (Lipinski definition) is 7. The summed E-state index contributed by atoms with van der Waals surface area (Å²) < 4.78 is 41.8. The van der Waals surface area contributed by atoms with E-state index in [1.165, 1.54) is 26.2 Å². The quantitative estimate of drug-likeness (QED) is 0.0449. The Morgan fingerprint density at radius 3 is 2.70 bits per heavy atom. The summed E-state index contributed by atoms with van der Waals surface area (Å²) >= 11 is 0.972. The lowest BCUT2D eigenvalue weighted by atomic mass is 9.84. The minimum Gasteiger partial charge on any atom is -0.485 e. The number of amides is 2. The average molecular weight is 738 g/mol. The van der Waals surface area contributed by atoms with Crippen LogP contribution in [0.2, 0.25) is 0 Å². The van der Waals surface area contributed by atoms with Crippen LogP contribution in [0.3, 0.4) is 0 Å². The first-order valence-electron chi connectivity index (χ1n) is 15.6. The van der Waals surface area contributed by atoms with E-state index in [-0.39, 0.29) is 23.2 Å². The third-order valence-electron chi connectivity index (χ3n) is 8.63. The van der Waals surface area contributed by atoms with Crippen molar-refractivity contribution in [1.29, 1.82) is 0 Å². The number of ether oxygens (including phenoxy) is 1. The van der Waals surface area contributed by atoms with E-state index in [1.54, 1.807) is 6.07 Å². The lowest BCUT2D eigenvalue weighted by Crippen LogP contribution is -2.76. The van der Waals surface area contributed by atoms with Crippen molar-refractivity contribution in [2.75, 3.05) is 31.9 Å². The summed E-state index contributed by atoms with van der Waals surface area (Å²) in [5, 5.41) is 25.0. The van der Waals surface area contributed by atoms with Crippen LogP contribution < -0.4 is 32.2 Å². The zero-order chi connectivity index (χ0) is 36.4. The second kappa shape index (κ2) is 14.3. The molecule has 2 unspecified atom stereocenters. The van der Waals surface area contributed by atoms with Gasteiger partial charge in [0.25, 0.3) is 17.4 Å². The first kappa shape index (κ1) is 36.7. The van der Waals surface area contributed by atoms with Gasteiger partial charge in [-0.1, -0.05) is 17.3 Å². The fourth-order valence-electron chi connectivity index (χ4n) is 5.64. The first-order valence-corrected chi connectivity index (χ1v) is 17.8. The number of carboxylic acids is 1. The minimum atomic E-state index is -5.03. The summed E-state index contributed by atoms with van der Waals surface area (Å²) in [5.74, 6) is -2.06. The molecule has 1 aromatic heterocycles. The van der Waals surface area contributed by atoms with Gasteiger partial charge >= 0.3 is 16.4 Å². The van der Waals surface area contributed by atoms with Gasteiger partial charge in [-0.15, -0.1) is 15.6 Å². The Morgan fingerprint density at radius 1 is 1.34 bits per heavy atom. The van der Waals surface area contributed by atoms with Crippen molar-refractivity contribution in [1.82, 2.24) is 26.0 Å². The summed E-state index contributed by atoms with van der Waals surface area (Å²) in [4.78, 5) is 53.0. The number of aliphatic carboxylic acids is 1. The number of carbonyl (C=O) groups excluding carboxylic acids is 2. The molecule has 0 bridgehead atoms. The Morgan fingerprint density at radius 2 is 2.10 bits per heavy atom. The molecule has 4 atom stereocenters. The molecule has 0 spiro atoms. The number of benzene rings is 1. The number of aryl methyl sites for hydroxylation is 1. The van der Waals surface area contributed by atoms with E-state index < -0.39 is 57.2 Å². The zero-order valence-electron chi connectivity index (χ0n) is 27.4. The maximum absolute atomic E-state index is 13.5. The summed E-state index contributed by atoms with van der Waals surface area (Å²) in [6.07, 6.45) is 0.514. The minimum absolute atomic E-state index is 0.0660. The molecule has 21 heteroatoms. The van der Waals surface area contributed by atoms with E-state index in [0.29, 0.717) is 36.9 Å². The number of aliphatic imine (C=N–C) groups is 1. The summed E-state index contributed by atoms with van der Waals surface area (Å²) in [6, 6.07) is 4.39. The Balaban J connectivity index is 1.31. The van der Waals surface area contributed by atoms with Crippen molar-refractivity contribution < 1.29 is 46.3 Å². The van der Waals surface area contributed by atoms with Crippen molar-refractivity contribution in [3.63, 3.8) is 0 Å². The average Bonchev–Trinajstić information content (AvgIpc) is 3.50. The molecule has 272 valence electrons. The van der Waals surface area contributed by atoms with Crippen LogP contribution in [0.1, 0.15) is 56.4 Å². The monoisotopic (exact) mass is 737 g/mol. The van der Waals surface area contributed by atoms with E-state index in [2.05, 4.69) is 35.4 Å². The van der Waals surface area contributed by atoms with Gasteiger partial charge in [0, 0.05) is 24.4 Å². The normalized spacial score (nSPS) is 22.9. The number of guanidine groups is 1. The van der Waals surface area contributed by atoms with Crippen LogP contribution in [-0.2, 0) is 40.3 Å². The number of nitrogens with zero attached hydrogens (tertiary/aromatic N) is 4. The molecule has 3 aliphatic heterocycles. The number of hydrogen-bond acceptors (Lipinski definition) is 16. The van der Waals surface area contributed by atoms with Gasteiger partial charge in [0.2, 0.25) is 0 Å². The van der Waals surface area contributed by atoms with Crippen LogP contribution in [0, 0.1) is 0 Å². The maximum atomic E-state index is 13.5. The van der Waals surface area contributed by atoms with Gasteiger partial charge in [-0.2, -0.15) is 13.5 Å². The van der Waals surface area contributed by atoms with Crippen molar-refractivity contribution in [3.05, 3.63) is 40.4 Å². The lowest BCUT2D eigenvalue weighted by Gasteiger charge is -2.50. The highest BCUT2D eigenvalue weighted by Gasteiger charge is 2.58. The van der Waals surface area contributed by atoms with Crippen LogP contribution in [0.25, 0.3) is 0 Å². The highest BCUT2D eigenvalue weighted by molar-refractivity contribution is 7.80. The first-order chi connectivity index (χ1) is 23.5. The number of rotatable bonds is 13. The van der Waals surface area contributed by atoms with E-state index in [1.807, 2.05) is 12.1 Å². The molecule has 2 aromatic rings. The second-order valence-corrected chi connectivity index (χ2v) is 14.5. The van der Waals surface area contributed by atoms with E-state index in [0.717, 1.165) is 41.4 Å². The summed E-state index contributed by atoms with van der Waals surface area (Å²) in [5.41, 5.74) is 9.16. The van der Waals surface area contributed by atoms with Gasteiger partial charge in [0.15, 0.2) is 22.9 Å². The topological polar surface area (TPSA) is 282 Å². The molecule has 1 aromatic carbocycles. The molecule has 1 saturated heterocycles. The standard InChI is InChI=1S/C29H39N9O10S2/c1-28(2)22(24(40)38(28)48-50(43,44)45)36-23(39)21(18-14-49-26(31)35-18)37-47-29(3,25(41)42)20-8-6-16-11-15(5-7-19(16)46-20)17-12-33-27(34-13-17)32-10-4-9-30/h5,7,11,14,17,20,22H,4,6,8-10,12-13,30H2,1-3H3,(H2,31,35)(H,36,39)(H,41,42)(H2,32,33,34)(H,43,44,45)/b37-21-/t20-,22?,29+/m1/s1. The van der Waals surface area contributed by atoms with Crippen LogP contribution in [0.4, 0.5) is 5.13 Å². The SMILES string of the molecule is CC1(C)C(NC(=O)/C(=N\O[C@](C)(C(=O)O)[C@H]2CCc3cc(C4CN=C(NCCCN)NC4)ccc3O2)c2csc(N)n2)C(=O)N1OS(=O)(=O)O. The van der Waals surface area contributed by atoms with Crippen LogP contribution in [0.15, 0.2) is 33.7 Å². The molecule has 0 radical (unpaired) electrons. The van der Waals surface area contributed by atoms with Gasteiger partial charge in [-0.3, -0.25) is 19.1 Å². The lowest BCUT2D eigenvalue weighted by molar-refractivity contribution is -0.218. The van der Waals surface area contributed by atoms with Crippen molar-refractivity contribution in [2.24, 2.45) is 15.9 Å². The number of oxime groups is 1. The van der Waals surface area contributed by atoms with Crippen LogP contribution >= 0.6 is 11.3 Å². The predicted molar refractivity (Wildman–Crippen MR) is 180 cm³/mol. The van der Waals surface area contributed by atoms with E-state index in [4.69, 9.17) is 25.6 Å². The Kier molecular flexibility index (Phi) is 10.5. The Bertz CT molecular complexity index is 1820. The number of carboxylic acid groups (broad SMARTS) is 1. The number of aromatic nitrogens is 1. The molecule has 2 amide bonds. The number of nitrogens with one attached hydrogen (secondary N) is 3. The molecule has 9 N–H and O–H groups in total. The number of anilines is 1. The zero-order valence-corrected chi connectivity index (χ0v) is 29.0.